The van der Waals surface area contributed by atoms with E-state index in [1.807, 2.05) is 31.1 Å². The SMILES string of the molecule is CN(C)c1cccc(NCC(=O)N2CCCCCC2)c1. The standard InChI is InChI=1S/C16H25N3O/c1-18(2)15-9-7-8-14(12-15)17-13-16(20)19-10-5-3-4-6-11-19/h7-9,12,17H,3-6,10-11,13H2,1-2H3. The van der Waals surface area contributed by atoms with Crippen molar-refractivity contribution in [3.05, 3.63) is 24.3 Å². The zero-order valence-corrected chi connectivity index (χ0v) is 12.6. The molecule has 0 atom stereocenters. The van der Waals surface area contributed by atoms with Crippen LogP contribution in [0.2, 0.25) is 0 Å². The van der Waals surface area contributed by atoms with Gasteiger partial charge in [0.2, 0.25) is 5.91 Å². The summed E-state index contributed by atoms with van der Waals surface area (Å²) in [7, 11) is 4.03. The summed E-state index contributed by atoms with van der Waals surface area (Å²) in [6.07, 6.45) is 4.79. The molecule has 110 valence electrons. The summed E-state index contributed by atoms with van der Waals surface area (Å²) in [6.45, 7) is 2.22. The van der Waals surface area contributed by atoms with Gasteiger partial charge in [0, 0.05) is 38.6 Å². The second kappa shape index (κ2) is 7.17. The number of hydrogen-bond acceptors (Lipinski definition) is 3. The molecule has 0 radical (unpaired) electrons. The van der Waals surface area contributed by atoms with Crippen molar-refractivity contribution in [3.63, 3.8) is 0 Å². The van der Waals surface area contributed by atoms with Crippen LogP contribution < -0.4 is 10.2 Å². The first-order chi connectivity index (χ1) is 9.66. The van der Waals surface area contributed by atoms with Gasteiger partial charge in [-0.1, -0.05) is 18.9 Å². The zero-order valence-electron chi connectivity index (χ0n) is 12.6. The summed E-state index contributed by atoms with van der Waals surface area (Å²) in [5.41, 5.74) is 2.14. The van der Waals surface area contributed by atoms with Gasteiger partial charge in [0.1, 0.15) is 0 Å². The molecule has 1 fully saturated rings. The minimum atomic E-state index is 0.210. The second-order valence-corrected chi connectivity index (χ2v) is 5.59. The summed E-state index contributed by atoms with van der Waals surface area (Å²) < 4.78 is 0. The molecule has 1 aliphatic rings. The van der Waals surface area contributed by atoms with E-state index in [0.717, 1.165) is 37.3 Å². The van der Waals surface area contributed by atoms with Crippen molar-refractivity contribution in [1.82, 2.24) is 4.90 Å². The lowest BCUT2D eigenvalue weighted by Gasteiger charge is -2.21. The molecule has 0 spiro atoms. The van der Waals surface area contributed by atoms with Gasteiger partial charge in [-0.3, -0.25) is 4.79 Å². The smallest absolute Gasteiger partial charge is 0.241 e. The lowest BCUT2D eigenvalue weighted by Crippen LogP contribution is -2.36. The summed E-state index contributed by atoms with van der Waals surface area (Å²) in [6, 6.07) is 8.13. The van der Waals surface area contributed by atoms with Crippen LogP contribution in [0.15, 0.2) is 24.3 Å². The largest absolute Gasteiger partial charge is 0.378 e. The fourth-order valence-corrected chi connectivity index (χ4v) is 2.50. The molecule has 1 aliphatic heterocycles. The van der Waals surface area contributed by atoms with Crippen LogP contribution in [-0.2, 0) is 4.79 Å². The van der Waals surface area contributed by atoms with Crippen molar-refractivity contribution in [1.29, 1.82) is 0 Å². The lowest BCUT2D eigenvalue weighted by molar-refractivity contribution is -0.129. The van der Waals surface area contributed by atoms with Gasteiger partial charge in [-0.2, -0.15) is 0 Å². The number of benzene rings is 1. The third kappa shape index (κ3) is 4.15. The van der Waals surface area contributed by atoms with E-state index in [1.165, 1.54) is 12.8 Å². The molecule has 0 bridgehead atoms. The van der Waals surface area contributed by atoms with Gasteiger partial charge in [0.05, 0.1) is 6.54 Å². The van der Waals surface area contributed by atoms with Crippen LogP contribution in [0.4, 0.5) is 11.4 Å². The van der Waals surface area contributed by atoms with E-state index < -0.39 is 0 Å². The fraction of sp³-hybridized carbons (Fsp3) is 0.562. The Labute approximate surface area is 121 Å². The molecular weight excluding hydrogens is 250 g/mol. The molecule has 0 aliphatic carbocycles. The third-order valence-corrected chi connectivity index (χ3v) is 3.77. The topological polar surface area (TPSA) is 35.6 Å². The maximum Gasteiger partial charge on any atom is 0.241 e. The molecule has 0 saturated carbocycles. The Hall–Kier alpha value is -1.71. The molecule has 1 N–H and O–H groups in total. The Morgan fingerprint density at radius 2 is 1.90 bits per heavy atom. The lowest BCUT2D eigenvalue weighted by atomic mass is 10.2. The van der Waals surface area contributed by atoms with Gasteiger partial charge in [-0.15, -0.1) is 0 Å². The third-order valence-electron chi connectivity index (χ3n) is 3.77. The molecule has 1 aromatic rings. The van der Waals surface area contributed by atoms with E-state index in [0.29, 0.717) is 6.54 Å². The van der Waals surface area contributed by atoms with Gasteiger partial charge < -0.3 is 15.1 Å². The van der Waals surface area contributed by atoms with E-state index in [9.17, 15) is 4.79 Å². The van der Waals surface area contributed by atoms with Crippen molar-refractivity contribution < 1.29 is 4.79 Å². The van der Waals surface area contributed by atoms with Gasteiger partial charge >= 0.3 is 0 Å². The zero-order chi connectivity index (χ0) is 14.4. The highest BCUT2D eigenvalue weighted by Gasteiger charge is 2.14. The number of likely N-dealkylation sites (tertiary alicyclic amines) is 1. The number of nitrogens with one attached hydrogen (secondary N) is 1. The maximum atomic E-state index is 12.2. The first kappa shape index (κ1) is 14.7. The Morgan fingerprint density at radius 1 is 1.20 bits per heavy atom. The first-order valence-electron chi connectivity index (χ1n) is 7.46. The minimum absolute atomic E-state index is 0.210. The van der Waals surface area contributed by atoms with Crippen LogP contribution in [0.3, 0.4) is 0 Å². The highest BCUT2D eigenvalue weighted by Crippen LogP contribution is 2.17. The van der Waals surface area contributed by atoms with Gasteiger partial charge in [0.15, 0.2) is 0 Å². The molecule has 0 aromatic heterocycles. The quantitative estimate of drug-likeness (QED) is 0.917. The molecule has 1 aromatic carbocycles. The Morgan fingerprint density at radius 3 is 2.55 bits per heavy atom. The average Bonchev–Trinajstić information content (AvgIpc) is 2.74. The molecule has 4 heteroatoms. The van der Waals surface area contributed by atoms with Crippen molar-refractivity contribution >= 4 is 17.3 Å². The van der Waals surface area contributed by atoms with Crippen molar-refractivity contribution in [2.45, 2.75) is 25.7 Å². The molecule has 1 heterocycles. The normalized spacial score (nSPS) is 15.6. The van der Waals surface area contributed by atoms with E-state index >= 15 is 0 Å². The number of carbonyl (C=O) groups excluding carboxylic acids is 1. The number of nitrogens with zero attached hydrogens (tertiary/aromatic N) is 2. The number of anilines is 2. The highest BCUT2D eigenvalue weighted by atomic mass is 16.2. The predicted molar refractivity (Wildman–Crippen MR) is 84.3 cm³/mol. The van der Waals surface area contributed by atoms with Crippen molar-refractivity contribution in [3.8, 4) is 0 Å². The second-order valence-electron chi connectivity index (χ2n) is 5.59. The highest BCUT2D eigenvalue weighted by molar-refractivity contribution is 5.81. The van der Waals surface area contributed by atoms with Crippen LogP contribution in [-0.4, -0.2) is 44.5 Å². The Balaban J connectivity index is 1.87. The van der Waals surface area contributed by atoms with E-state index in [-0.39, 0.29) is 5.91 Å². The average molecular weight is 275 g/mol. The van der Waals surface area contributed by atoms with E-state index in [1.54, 1.807) is 0 Å². The number of amides is 1. The number of carbonyl (C=O) groups is 1. The van der Waals surface area contributed by atoms with E-state index in [4.69, 9.17) is 0 Å². The Kier molecular flexibility index (Phi) is 5.27. The summed E-state index contributed by atoms with van der Waals surface area (Å²) >= 11 is 0. The summed E-state index contributed by atoms with van der Waals surface area (Å²) in [5.74, 6) is 0.210. The molecule has 0 unspecified atom stereocenters. The Bertz CT molecular complexity index is 437. The number of rotatable bonds is 4. The summed E-state index contributed by atoms with van der Waals surface area (Å²) in [5, 5.41) is 3.24. The molecule has 1 amide bonds. The van der Waals surface area contributed by atoms with Crippen molar-refractivity contribution in [2.75, 3.05) is 43.9 Å². The first-order valence-corrected chi connectivity index (χ1v) is 7.46. The number of hydrogen-bond donors (Lipinski definition) is 1. The van der Waals surface area contributed by atoms with Crippen molar-refractivity contribution in [2.24, 2.45) is 0 Å². The van der Waals surface area contributed by atoms with Crippen LogP contribution >= 0.6 is 0 Å². The molecule has 2 rings (SSSR count). The monoisotopic (exact) mass is 275 g/mol. The van der Waals surface area contributed by atoms with E-state index in [2.05, 4.69) is 22.3 Å². The predicted octanol–water partition coefficient (Wildman–Crippen LogP) is 2.57. The van der Waals surface area contributed by atoms with Crippen LogP contribution in [0, 0.1) is 0 Å². The van der Waals surface area contributed by atoms with Crippen LogP contribution in [0.25, 0.3) is 0 Å². The molecule has 4 nitrogen and oxygen atoms in total. The minimum Gasteiger partial charge on any atom is -0.378 e. The van der Waals surface area contributed by atoms with Crippen LogP contribution in [0.5, 0.6) is 0 Å². The van der Waals surface area contributed by atoms with Crippen LogP contribution in [0.1, 0.15) is 25.7 Å². The molecule has 20 heavy (non-hydrogen) atoms. The summed E-state index contributed by atoms with van der Waals surface area (Å²) in [4.78, 5) is 16.2. The molecular formula is C16H25N3O. The maximum absolute atomic E-state index is 12.2. The fourth-order valence-electron chi connectivity index (χ4n) is 2.50. The molecule has 1 saturated heterocycles. The van der Waals surface area contributed by atoms with Gasteiger partial charge in [-0.25, -0.2) is 0 Å². The van der Waals surface area contributed by atoms with Gasteiger partial charge in [0.25, 0.3) is 0 Å². The van der Waals surface area contributed by atoms with Gasteiger partial charge in [-0.05, 0) is 31.0 Å².